The van der Waals surface area contributed by atoms with Gasteiger partial charge in [-0.2, -0.15) is 4.98 Å². The molecule has 7 heteroatoms. The number of carbonyl (C=O) groups is 1. The minimum Gasteiger partial charge on any atom is -0.462 e. The number of fused-ring (bicyclic) bond motifs is 1. The first-order chi connectivity index (χ1) is 13.4. The van der Waals surface area contributed by atoms with Crippen LogP contribution in [0.4, 0.5) is 11.5 Å². The molecule has 0 spiro atoms. The fraction of sp³-hybridized carbons (Fsp3) is 0.381. The van der Waals surface area contributed by atoms with Crippen molar-refractivity contribution in [1.82, 2.24) is 9.97 Å². The predicted molar refractivity (Wildman–Crippen MR) is 109 cm³/mol. The van der Waals surface area contributed by atoms with Crippen molar-refractivity contribution in [3.05, 3.63) is 47.0 Å². The van der Waals surface area contributed by atoms with Crippen LogP contribution in [0.2, 0.25) is 0 Å². The Morgan fingerprint density at radius 1 is 1.25 bits per heavy atom. The molecule has 0 aliphatic rings. The number of nitrogens with one attached hydrogen (secondary N) is 1. The number of esters is 1. The van der Waals surface area contributed by atoms with Crippen LogP contribution in [0.25, 0.3) is 11.1 Å². The number of ether oxygens (including phenoxy) is 1. The van der Waals surface area contributed by atoms with Crippen LogP contribution in [0.1, 0.15) is 60.6 Å². The van der Waals surface area contributed by atoms with Gasteiger partial charge in [-0.15, -0.1) is 0 Å². The van der Waals surface area contributed by atoms with E-state index in [0.29, 0.717) is 29.4 Å². The molecule has 0 fully saturated rings. The summed E-state index contributed by atoms with van der Waals surface area (Å²) in [6, 6.07) is 8.32. The van der Waals surface area contributed by atoms with Gasteiger partial charge in [-0.1, -0.05) is 26.0 Å². The number of furan rings is 1. The first-order valence-corrected chi connectivity index (χ1v) is 9.51. The average molecular weight is 382 g/mol. The van der Waals surface area contributed by atoms with Gasteiger partial charge in [0.25, 0.3) is 0 Å². The third-order valence-electron chi connectivity index (χ3n) is 4.82. The van der Waals surface area contributed by atoms with Gasteiger partial charge in [-0.25, -0.2) is 9.78 Å². The maximum atomic E-state index is 12.2. The lowest BCUT2D eigenvalue weighted by Gasteiger charge is -2.11. The van der Waals surface area contributed by atoms with Gasteiger partial charge in [0.2, 0.25) is 5.71 Å². The second kappa shape index (κ2) is 8.29. The molecule has 148 valence electrons. The standard InChI is InChI=1S/C21H26N4O3/c1-5-12(3)14-7-9-15(10-8-14)23-11-16-24-19(22)18-17(21(26)27-6-2)13(4)28-20(18)25-16/h7-10,12,23H,5-6,11H2,1-4H3,(H2,22,24,25)/t12-/m1/s1. The Morgan fingerprint density at radius 2 is 1.96 bits per heavy atom. The normalized spacial score (nSPS) is 12.1. The van der Waals surface area contributed by atoms with Crippen LogP contribution < -0.4 is 11.1 Å². The number of hydrogen-bond acceptors (Lipinski definition) is 7. The van der Waals surface area contributed by atoms with E-state index in [4.69, 9.17) is 14.9 Å². The molecular formula is C21H26N4O3. The van der Waals surface area contributed by atoms with Crippen LogP contribution in [0.15, 0.2) is 28.7 Å². The second-order valence-corrected chi connectivity index (χ2v) is 6.74. The van der Waals surface area contributed by atoms with Crippen LogP contribution in [0, 0.1) is 6.92 Å². The Morgan fingerprint density at radius 3 is 2.61 bits per heavy atom. The van der Waals surface area contributed by atoms with Gasteiger partial charge < -0.3 is 20.2 Å². The molecule has 3 N–H and O–H groups in total. The molecule has 0 aliphatic heterocycles. The predicted octanol–water partition coefficient (Wildman–Crippen LogP) is 4.42. The molecule has 0 bridgehead atoms. The Balaban J connectivity index is 1.80. The number of nitrogens with zero attached hydrogens (tertiary/aromatic N) is 2. The van der Waals surface area contributed by atoms with Crippen molar-refractivity contribution in [1.29, 1.82) is 0 Å². The Bertz CT molecular complexity index is 979. The number of anilines is 2. The van der Waals surface area contributed by atoms with Crippen LogP contribution in [0.3, 0.4) is 0 Å². The first kappa shape index (κ1) is 19.7. The van der Waals surface area contributed by atoms with E-state index in [1.54, 1.807) is 13.8 Å². The molecule has 1 atom stereocenters. The third kappa shape index (κ3) is 3.93. The highest BCUT2D eigenvalue weighted by atomic mass is 16.5. The zero-order valence-corrected chi connectivity index (χ0v) is 16.7. The summed E-state index contributed by atoms with van der Waals surface area (Å²) >= 11 is 0. The van der Waals surface area contributed by atoms with Crippen molar-refractivity contribution < 1.29 is 13.9 Å². The summed E-state index contributed by atoms with van der Waals surface area (Å²) in [4.78, 5) is 20.9. The maximum absolute atomic E-state index is 12.2. The summed E-state index contributed by atoms with van der Waals surface area (Å²) in [5, 5.41) is 3.69. The summed E-state index contributed by atoms with van der Waals surface area (Å²) < 4.78 is 10.7. The van der Waals surface area contributed by atoms with E-state index < -0.39 is 5.97 Å². The molecule has 3 aromatic rings. The molecule has 0 amide bonds. The molecule has 2 heterocycles. The Kier molecular flexibility index (Phi) is 5.82. The van der Waals surface area contributed by atoms with Crippen molar-refractivity contribution in [2.45, 2.75) is 46.6 Å². The van der Waals surface area contributed by atoms with Crippen molar-refractivity contribution in [2.75, 3.05) is 17.7 Å². The van der Waals surface area contributed by atoms with E-state index in [2.05, 4.69) is 41.3 Å². The number of nitrogens with two attached hydrogens (primary N) is 1. The van der Waals surface area contributed by atoms with Gasteiger partial charge >= 0.3 is 5.97 Å². The van der Waals surface area contributed by atoms with E-state index >= 15 is 0 Å². The highest BCUT2D eigenvalue weighted by Gasteiger charge is 2.23. The molecule has 1 aromatic carbocycles. The Hall–Kier alpha value is -3.09. The second-order valence-electron chi connectivity index (χ2n) is 6.74. The lowest BCUT2D eigenvalue weighted by molar-refractivity contribution is 0.0526. The molecule has 0 radical (unpaired) electrons. The monoisotopic (exact) mass is 382 g/mol. The van der Waals surface area contributed by atoms with E-state index in [1.807, 2.05) is 12.1 Å². The SMILES string of the molecule is CCOC(=O)c1c(C)oc2nc(CNc3ccc([C@H](C)CC)cc3)nc(N)c12. The molecule has 7 nitrogen and oxygen atoms in total. The number of carbonyl (C=O) groups excluding carboxylic acids is 1. The highest BCUT2D eigenvalue weighted by Crippen LogP contribution is 2.29. The molecule has 0 saturated heterocycles. The molecule has 0 saturated carbocycles. The van der Waals surface area contributed by atoms with E-state index in [9.17, 15) is 4.79 Å². The number of aryl methyl sites for hydroxylation is 1. The molecular weight excluding hydrogens is 356 g/mol. The summed E-state index contributed by atoms with van der Waals surface area (Å²) in [5.41, 5.74) is 8.95. The third-order valence-corrected chi connectivity index (χ3v) is 4.82. The van der Waals surface area contributed by atoms with Crippen molar-refractivity contribution >= 4 is 28.6 Å². The maximum Gasteiger partial charge on any atom is 0.342 e. The smallest absolute Gasteiger partial charge is 0.342 e. The van der Waals surface area contributed by atoms with Gasteiger partial charge in [0.15, 0.2) is 5.82 Å². The number of rotatable bonds is 7. The average Bonchev–Trinajstić information content (AvgIpc) is 3.02. The molecule has 0 unspecified atom stereocenters. The number of benzene rings is 1. The largest absolute Gasteiger partial charge is 0.462 e. The lowest BCUT2D eigenvalue weighted by Crippen LogP contribution is -2.09. The van der Waals surface area contributed by atoms with E-state index in [1.165, 1.54) is 5.56 Å². The van der Waals surface area contributed by atoms with Crippen LogP contribution in [0.5, 0.6) is 0 Å². The van der Waals surface area contributed by atoms with Crippen molar-refractivity contribution in [3.8, 4) is 0 Å². The van der Waals surface area contributed by atoms with E-state index in [0.717, 1.165) is 12.1 Å². The number of hydrogen-bond donors (Lipinski definition) is 2. The summed E-state index contributed by atoms with van der Waals surface area (Å²) in [6.45, 7) is 8.47. The quantitative estimate of drug-likeness (QED) is 0.583. The van der Waals surface area contributed by atoms with Gasteiger partial charge in [0.1, 0.15) is 17.1 Å². The molecule has 3 rings (SSSR count). The zero-order chi connectivity index (χ0) is 20.3. The topological polar surface area (TPSA) is 103 Å². The fourth-order valence-electron chi connectivity index (χ4n) is 3.06. The minimum absolute atomic E-state index is 0.203. The van der Waals surface area contributed by atoms with Gasteiger partial charge in [-0.05, 0) is 43.9 Å². The number of nitrogen functional groups attached to an aromatic ring is 1. The highest BCUT2D eigenvalue weighted by molar-refractivity contribution is 6.07. The Labute approximate surface area is 164 Å². The van der Waals surface area contributed by atoms with Crippen LogP contribution in [-0.4, -0.2) is 22.5 Å². The number of aromatic nitrogens is 2. The zero-order valence-electron chi connectivity index (χ0n) is 16.7. The summed E-state index contributed by atoms with van der Waals surface area (Å²) in [7, 11) is 0. The fourth-order valence-corrected chi connectivity index (χ4v) is 3.06. The van der Waals surface area contributed by atoms with E-state index in [-0.39, 0.29) is 23.7 Å². The van der Waals surface area contributed by atoms with Crippen molar-refractivity contribution in [2.24, 2.45) is 0 Å². The molecule has 2 aromatic heterocycles. The van der Waals surface area contributed by atoms with Gasteiger partial charge in [-0.3, -0.25) is 0 Å². The van der Waals surface area contributed by atoms with Crippen molar-refractivity contribution in [3.63, 3.8) is 0 Å². The molecule has 0 aliphatic carbocycles. The summed E-state index contributed by atoms with van der Waals surface area (Å²) in [6.07, 6.45) is 1.11. The lowest BCUT2D eigenvalue weighted by atomic mass is 9.99. The first-order valence-electron chi connectivity index (χ1n) is 9.51. The molecule has 28 heavy (non-hydrogen) atoms. The van der Waals surface area contributed by atoms with Crippen LogP contribution >= 0.6 is 0 Å². The van der Waals surface area contributed by atoms with Gasteiger partial charge in [0, 0.05) is 5.69 Å². The minimum atomic E-state index is -0.485. The van der Waals surface area contributed by atoms with Gasteiger partial charge in [0.05, 0.1) is 18.5 Å². The van der Waals surface area contributed by atoms with Crippen LogP contribution in [-0.2, 0) is 11.3 Å². The summed E-state index contributed by atoms with van der Waals surface area (Å²) in [5.74, 6) is 1.16.